The second-order valence-electron chi connectivity index (χ2n) is 3.14. The lowest BCUT2D eigenvalue weighted by molar-refractivity contribution is -0.148. The van der Waals surface area contributed by atoms with Crippen LogP contribution >= 0.6 is 11.8 Å². The molecule has 0 saturated heterocycles. The van der Waals surface area contributed by atoms with Gasteiger partial charge in [-0.25, -0.2) is 9.59 Å². The summed E-state index contributed by atoms with van der Waals surface area (Å²) in [6.45, 7) is 1.20. The Bertz CT molecular complexity index is 329. The zero-order valence-electron chi connectivity index (χ0n) is 9.13. The third-order valence-corrected chi connectivity index (χ3v) is 2.73. The average molecular weight is 263 g/mol. The van der Waals surface area contributed by atoms with Crippen molar-refractivity contribution in [3.63, 3.8) is 0 Å². The minimum atomic E-state index is -1.50. The molecule has 1 unspecified atom stereocenters. The third-order valence-electron chi connectivity index (χ3n) is 1.67. The number of carboxylic acids is 2. The van der Waals surface area contributed by atoms with Crippen LogP contribution in [-0.4, -0.2) is 51.4 Å². The molecule has 0 aliphatic rings. The fourth-order valence-corrected chi connectivity index (χ4v) is 1.85. The SMILES string of the molecule is CC(=O)NC(CSCCC(=O)C(=O)O)C(=O)O. The first-order chi connectivity index (χ1) is 7.84. The van der Waals surface area contributed by atoms with Gasteiger partial charge in [-0.2, -0.15) is 11.8 Å². The molecule has 0 aliphatic heterocycles. The van der Waals surface area contributed by atoms with Crippen molar-refractivity contribution >= 4 is 35.4 Å². The number of hydrogen-bond acceptors (Lipinski definition) is 5. The van der Waals surface area contributed by atoms with Gasteiger partial charge in [0.15, 0.2) is 0 Å². The predicted molar refractivity (Wildman–Crippen MR) is 59.8 cm³/mol. The molecule has 96 valence electrons. The highest BCUT2D eigenvalue weighted by Gasteiger charge is 2.18. The van der Waals surface area contributed by atoms with Gasteiger partial charge in [-0.05, 0) is 0 Å². The van der Waals surface area contributed by atoms with Gasteiger partial charge in [-0.1, -0.05) is 0 Å². The first kappa shape index (κ1) is 15.4. The quantitative estimate of drug-likeness (QED) is 0.393. The number of ketones is 1. The third kappa shape index (κ3) is 7.34. The van der Waals surface area contributed by atoms with Crippen LogP contribution in [0.4, 0.5) is 0 Å². The topological polar surface area (TPSA) is 121 Å². The van der Waals surface area contributed by atoms with Crippen LogP contribution in [0.2, 0.25) is 0 Å². The van der Waals surface area contributed by atoms with Gasteiger partial charge in [0.25, 0.3) is 0 Å². The smallest absolute Gasteiger partial charge is 0.372 e. The van der Waals surface area contributed by atoms with Crippen molar-refractivity contribution in [3.8, 4) is 0 Å². The van der Waals surface area contributed by atoms with Crippen molar-refractivity contribution in [1.82, 2.24) is 5.32 Å². The van der Waals surface area contributed by atoms with Gasteiger partial charge in [0.05, 0.1) is 0 Å². The van der Waals surface area contributed by atoms with E-state index in [-0.39, 0.29) is 17.9 Å². The van der Waals surface area contributed by atoms with Gasteiger partial charge in [0.1, 0.15) is 6.04 Å². The lowest BCUT2D eigenvalue weighted by Gasteiger charge is -2.12. The van der Waals surface area contributed by atoms with E-state index in [4.69, 9.17) is 10.2 Å². The van der Waals surface area contributed by atoms with Crippen LogP contribution in [0.5, 0.6) is 0 Å². The van der Waals surface area contributed by atoms with E-state index in [9.17, 15) is 19.2 Å². The minimum Gasteiger partial charge on any atom is -0.480 e. The highest BCUT2D eigenvalue weighted by molar-refractivity contribution is 7.99. The molecule has 0 bridgehead atoms. The number of amides is 1. The second-order valence-corrected chi connectivity index (χ2v) is 4.29. The molecule has 1 amide bonds. The van der Waals surface area contributed by atoms with Crippen LogP contribution in [-0.2, 0) is 19.2 Å². The molecular weight excluding hydrogens is 250 g/mol. The van der Waals surface area contributed by atoms with Crippen LogP contribution in [0.25, 0.3) is 0 Å². The fraction of sp³-hybridized carbons (Fsp3) is 0.556. The van der Waals surface area contributed by atoms with Crippen molar-refractivity contribution < 1.29 is 29.4 Å². The van der Waals surface area contributed by atoms with E-state index in [1.54, 1.807) is 0 Å². The standard InChI is InChI=1S/C9H13NO6S/c1-5(11)10-6(8(13)14)4-17-3-2-7(12)9(15)16/h6H,2-4H2,1H3,(H,10,11)(H,13,14)(H,15,16). The lowest BCUT2D eigenvalue weighted by atomic mass is 10.3. The summed E-state index contributed by atoms with van der Waals surface area (Å²) in [6, 6.07) is -1.03. The van der Waals surface area contributed by atoms with Crippen LogP contribution in [0, 0.1) is 0 Å². The number of thioether (sulfide) groups is 1. The van der Waals surface area contributed by atoms with Gasteiger partial charge in [-0.15, -0.1) is 0 Å². The normalized spacial score (nSPS) is 11.6. The summed E-state index contributed by atoms with van der Waals surface area (Å²) in [5.74, 6) is -3.75. The zero-order chi connectivity index (χ0) is 13.4. The average Bonchev–Trinajstić information content (AvgIpc) is 2.21. The maximum absolute atomic E-state index is 10.7. The molecule has 7 nitrogen and oxygen atoms in total. The molecule has 0 aromatic heterocycles. The Morgan fingerprint density at radius 3 is 2.24 bits per heavy atom. The number of Topliss-reactive ketones (excluding diaryl/α,β-unsaturated/α-hetero) is 1. The van der Waals surface area contributed by atoms with Crippen LogP contribution in [0.1, 0.15) is 13.3 Å². The molecule has 0 aromatic carbocycles. The summed E-state index contributed by atoms with van der Waals surface area (Å²) >= 11 is 1.10. The maximum atomic E-state index is 10.7. The Labute approximate surface area is 102 Å². The molecule has 0 heterocycles. The molecule has 0 radical (unpaired) electrons. The number of carbonyl (C=O) groups excluding carboxylic acids is 2. The number of carbonyl (C=O) groups is 4. The van der Waals surface area contributed by atoms with Crippen LogP contribution < -0.4 is 5.32 Å². The van der Waals surface area contributed by atoms with Crippen molar-refractivity contribution in [2.75, 3.05) is 11.5 Å². The van der Waals surface area contributed by atoms with E-state index in [1.165, 1.54) is 6.92 Å². The van der Waals surface area contributed by atoms with E-state index in [0.717, 1.165) is 11.8 Å². The molecular formula is C9H13NO6S. The summed E-state index contributed by atoms with van der Waals surface area (Å²) in [4.78, 5) is 42.2. The largest absolute Gasteiger partial charge is 0.480 e. The monoisotopic (exact) mass is 263 g/mol. The van der Waals surface area contributed by atoms with Gasteiger partial charge >= 0.3 is 11.9 Å². The predicted octanol–water partition coefficient (Wildman–Crippen LogP) is -0.647. The molecule has 3 N–H and O–H groups in total. The Hall–Kier alpha value is -1.57. The molecule has 0 aromatic rings. The lowest BCUT2D eigenvalue weighted by Crippen LogP contribution is -2.41. The number of carboxylic acid groups (broad SMARTS) is 2. The van der Waals surface area contributed by atoms with Gasteiger partial charge in [0, 0.05) is 24.9 Å². The van der Waals surface area contributed by atoms with Crippen molar-refractivity contribution in [2.24, 2.45) is 0 Å². The zero-order valence-corrected chi connectivity index (χ0v) is 9.95. The Morgan fingerprint density at radius 2 is 1.82 bits per heavy atom. The Balaban J connectivity index is 3.91. The molecule has 0 spiro atoms. The van der Waals surface area contributed by atoms with Crippen molar-refractivity contribution in [3.05, 3.63) is 0 Å². The molecule has 8 heteroatoms. The molecule has 0 rings (SSSR count). The summed E-state index contributed by atoms with van der Waals surface area (Å²) in [6.07, 6.45) is -0.160. The van der Waals surface area contributed by atoms with Crippen LogP contribution in [0.15, 0.2) is 0 Å². The summed E-state index contributed by atoms with van der Waals surface area (Å²) in [5.41, 5.74) is 0. The fourth-order valence-electron chi connectivity index (χ4n) is 0.893. The molecule has 17 heavy (non-hydrogen) atoms. The molecule has 0 saturated carbocycles. The summed E-state index contributed by atoms with van der Waals surface area (Å²) in [5, 5.41) is 19.2. The number of rotatable bonds is 8. The van der Waals surface area contributed by atoms with Gasteiger partial charge in [0.2, 0.25) is 11.7 Å². The molecule has 0 aliphatic carbocycles. The van der Waals surface area contributed by atoms with E-state index < -0.39 is 29.7 Å². The van der Waals surface area contributed by atoms with E-state index in [2.05, 4.69) is 5.32 Å². The van der Waals surface area contributed by atoms with E-state index in [1.807, 2.05) is 0 Å². The van der Waals surface area contributed by atoms with E-state index in [0.29, 0.717) is 0 Å². The number of aliphatic carboxylic acids is 2. The molecule has 1 atom stereocenters. The first-order valence-corrected chi connectivity index (χ1v) is 5.83. The highest BCUT2D eigenvalue weighted by Crippen LogP contribution is 2.06. The summed E-state index contributed by atoms with van der Waals surface area (Å²) in [7, 11) is 0. The first-order valence-electron chi connectivity index (χ1n) is 4.68. The van der Waals surface area contributed by atoms with Crippen molar-refractivity contribution in [2.45, 2.75) is 19.4 Å². The number of hydrogen-bond donors (Lipinski definition) is 3. The van der Waals surface area contributed by atoms with E-state index >= 15 is 0 Å². The minimum absolute atomic E-state index is 0.0851. The van der Waals surface area contributed by atoms with Gasteiger partial charge < -0.3 is 15.5 Å². The highest BCUT2D eigenvalue weighted by atomic mass is 32.2. The van der Waals surface area contributed by atoms with Gasteiger partial charge in [-0.3, -0.25) is 9.59 Å². The molecule has 0 fully saturated rings. The summed E-state index contributed by atoms with van der Waals surface area (Å²) < 4.78 is 0. The van der Waals surface area contributed by atoms with Crippen molar-refractivity contribution in [1.29, 1.82) is 0 Å². The number of nitrogens with one attached hydrogen (secondary N) is 1. The second kappa shape index (κ2) is 7.66. The Morgan fingerprint density at radius 1 is 1.24 bits per heavy atom. The maximum Gasteiger partial charge on any atom is 0.372 e. The Kier molecular flexibility index (Phi) is 6.95. The van der Waals surface area contributed by atoms with Crippen LogP contribution in [0.3, 0.4) is 0 Å².